The number of aromatic amines is 1. The van der Waals surface area contributed by atoms with Crippen molar-refractivity contribution < 1.29 is 22.3 Å². The van der Waals surface area contributed by atoms with Crippen LogP contribution in [0.5, 0.6) is 5.75 Å². The zero-order chi connectivity index (χ0) is 31.3. The molecule has 230 valence electrons. The summed E-state index contributed by atoms with van der Waals surface area (Å²) in [5, 5.41) is 0. The number of hydrogen-bond acceptors (Lipinski definition) is 7. The number of nitrogens with zero attached hydrogens (tertiary/aromatic N) is 2. The molecule has 2 N–H and O–H groups in total. The lowest BCUT2D eigenvalue weighted by molar-refractivity contribution is 0.0981. The number of anilines is 1. The van der Waals surface area contributed by atoms with Crippen LogP contribution >= 0.6 is 0 Å². The molecular formula is C33H35FN4O5S. The van der Waals surface area contributed by atoms with Crippen molar-refractivity contribution in [1.82, 2.24) is 14.7 Å². The SMILES string of the molecule is CC(C)COc1cc(F)cc(-c2ccc(C(=O)NS(=O)(=O)c3ccc[nH]c3=O)c(N3CCC(Cc4ccccc4)CC3)n2)c1. The van der Waals surface area contributed by atoms with Crippen molar-refractivity contribution in [3.05, 3.63) is 106 Å². The predicted molar refractivity (Wildman–Crippen MR) is 167 cm³/mol. The van der Waals surface area contributed by atoms with E-state index in [0.29, 0.717) is 42.6 Å². The number of benzene rings is 2. The van der Waals surface area contributed by atoms with Crippen LogP contribution in [0.1, 0.15) is 42.6 Å². The van der Waals surface area contributed by atoms with Gasteiger partial charge in [-0.1, -0.05) is 44.2 Å². The van der Waals surface area contributed by atoms with Crippen LogP contribution in [-0.4, -0.2) is 44.0 Å². The fourth-order valence-electron chi connectivity index (χ4n) is 5.23. The molecule has 1 amide bonds. The van der Waals surface area contributed by atoms with E-state index in [0.717, 1.165) is 25.3 Å². The number of nitrogens with one attached hydrogen (secondary N) is 2. The third-order valence-corrected chi connectivity index (χ3v) is 8.80. The molecule has 0 atom stereocenters. The number of carbonyl (C=O) groups is 1. The van der Waals surface area contributed by atoms with Gasteiger partial charge in [0.15, 0.2) is 4.90 Å². The summed E-state index contributed by atoms with van der Waals surface area (Å²) in [6.07, 6.45) is 3.91. The maximum Gasteiger partial charge on any atom is 0.269 e. The lowest BCUT2D eigenvalue weighted by Gasteiger charge is -2.34. The number of hydrogen-bond donors (Lipinski definition) is 2. The van der Waals surface area contributed by atoms with Crippen LogP contribution in [0, 0.1) is 17.7 Å². The largest absolute Gasteiger partial charge is 0.493 e. The molecule has 1 fully saturated rings. The number of carbonyl (C=O) groups excluding carboxylic acids is 1. The maximum absolute atomic E-state index is 14.6. The van der Waals surface area contributed by atoms with E-state index in [4.69, 9.17) is 9.72 Å². The molecule has 2 aromatic carbocycles. The Labute approximate surface area is 256 Å². The highest BCUT2D eigenvalue weighted by molar-refractivity contribution is 7.90. The molecular weight excluding hydrogens is 583 g/mol. The Hall–Kier alpha value is -4.51. The average molecular weight is 619 g/mol. The minimum absolute atomic E-state index is 0.0267. The van der Waals surface area contributed by atoms with Crippen molar-refractivity contribution >= 4 is 21.7 Å². The third-order valence-electron chi connectivity index (χ3n) is 7.45. The van der Waals surface area contributed by atoms with E-state index in [1.807, 2.05) is 41.7 Å². The summed E-state index contributed by atoms with van der Waals surface area (Å²) in [5.41, 5.74) is 1.30. The van der Waals surface area contributed by atoms with Crippen molar-refractivity contribution in [1.29, 1.82) is 0 Å². The van der Waals surface area contributed by atoms with Gasteiger partial charge in [-0.2, -0.15) is 0 Å². The molecule has 1 saturated heterocycles. The predicted octanol–water partition coefficient (Wildman–Crippen LogP) is 5.19. The van der Waals surface area contributed by atoms with Crippen LogP contribution in [0.25, 0.3) is 11.3 Å². The first-order valence-electron chi connectivity index (χ1n) is 14.6. The quantitative estimate of drug-likeness (QED) is 0.251. The van der Waals surface area contributed by atoms with Gasteiger partial charge in [0.25, 0.3) is 21.5 Å². The average Bonchev–Trinajstić information content (AvgIpc) is 3.00. The van der Waals surface area contributed by atoms with Gasteiger partial charge < -0.3 is 14.6 Å². The van der Waals surface area contributed by atoms with Crippen molar-refractivity contribution in [2.24, 2.45) is 11.8 Å². The second-order valence-electron chi connectivity index (χ2n) is 11.4. The van der Waals surface area contributed by atoms with E-state index in [9.17, 15) is 22.4 Å². The molecule has 9 nitrogen and oxygen atoms in total. The molecule has 4 aromatic rings. The molecule has 1 aliphatic rings. The normalized spacial score (nSPS) is 14.0. The molecule has 0 unspecified atom stereocenters. The highest BCUT2D eigenvalue weighted by atomic mass is 32.2. The van der Waals surface area contributed by atoms with Gasteiger partial charge in [0.1, 0.15) is 17.4 Å². The Bertz CT molecular complexity index is 1790. The van der Waals surface area contributed by atoms with Crippen LogP contribution in [0.2, 0.25) is 0 Å². The Balaban J connectivity index is 1.46. The smallest absolute Gasteiger partial charge is 0.269 e. The highest BCUT2D eigenvalue weighted by Gasteiger charge is 2.28. The molecule has 0 radical (unpaired) electrons. The summed E-state index contributed by atoms with van der Waals surface area (Å²) in [6.45, 7) is 5.58. The number of amides is 1. The lowest BCUT2D eigenvalue weighted by atomic mass is 9.90. The molecule has 0 saturated carbocycles. The van der Waals surface area contributed by atoms with Crippen LogP contribution < -0.4 is 19.9 Å². The van der Waals surface area contributed by atoms with E-state index in [1.54, 1.807) is 12.1 Å². The van der Waals surface area contributed by atoms with Crippen molar-refractivity contribution in [3.8, 4) is 17.0 Å². The Morgan fingerprint density at radius 1 is 1.07 bits per heavy atom. The first-order valence-corrected chi connectivity index (χ1v) is 16.1. The highest BCUT2D eigenvalue weighted by Crippen LogP contribution is 2.31. The summed E-state index contributed by atoms with van der Waals surface area (Å²) in [6, 6.07) is 20.1. The second-order valence-corrected chi connectivity index (χ2v) is 13.0. The molecule has 0 bridgehead atoms. The van der Waals surface area contributed by atoms with E-state index in [-0.39, 0.29) is 17.3 Å². The van der Waals surface area contributed by atoms with Gasteiger partial charge in [0.05, 0.1) is 17.9 Å². The molecule has 44 heavy (non-hydrogen) atoms. The first-order chi connectivity index (χ1) is 21.1. The van der Waals surface area contributed by atoms with Crippen molar-refractivity contribution in [3.63, 3.8) is 0 Å². The standard InChI is InChI=1S/C33H35FN4O5S/c1-22(2)21-43-27-19-25(18-26(34)20-27)29-11-10-28(32(39)37-44(41,42)30-9-6-14-35-33(30)40)31(36-29)38-15-12-24(13-16-38)17-23-7-4-3-5-8-23/h3-11,14,18-20,22,24H,12-13,15-17,21H2,1-2H3,(H,35,40)(H,37,39). The van der Waals surface area contributed by atoms with Crippen LogP contribution in [-0.2, 0) is 16.4 Å². The second kappa shape index (κ2) is 13.4. The molecule has 5 rings (SSSR count). The van der Waals surface area contributed by atoms with Crippen LogP contribution in [0.3, 0.4) is 0 Å². The minimum atomic E-state index is -4.47. The number of sulfonamides is 1. The monoisotopic (exact) mass is 618 g/mol. The van der Waals surface area contributed by atoms with Crippen molar-refractivity contribution in [2.45, 2.75) is 38.0 Å². The van der Waals surface area contributed by atoms with Crippen LogP contribution in [0.15, 0.2) is 88.7 Å². The number of halogens is 1. The third kappa shape index (κ3) is 7.52. The van der Waals surface area contributed by atoms with Gasteiger partial charge >= 0.3 is 0 Å². The van der Waals surface area contributed by atoms with E-state index in [2.05, 4.69) is 17.1 Å². The topological polar surface area (TPSA) is 121 Å². The van der Waals surface area contributed by atoms with E-state index >= 15 is 0 Å². The number of aromatic nitrogens is 2. The van der Waals surface area contributed by atoms with Gasteiger partial charge in [0, 0.05) is 30.9 Å². The zero-order valence-corrected chi connectivity index (χ0v) is 25.4. The minimum Gasteiger partial charge on any atom is -0.493 e. The Morgan fingerprint density at radius 2 is 1.82 bits per heavy atom. The molecule has 11 heteroatoms. The van der Waals surface area contributed by atoms with E-state index < -0.39 is 32.2 Å². The van der Waals surface area contributed by atoms with Gasteiger partial charge in [-0.05, 0) is 73.1 Å². The van der Waals surface area contributed by atoms with Gasteiger partial charge in [-0.25, -0.2) is 22.5 Å². The molecule has 3 heterocycles. The summed E-state index contributed by atoms with van der Waals surface area (Å²) in [7, 11) is -4.47. The first kappa shape index (κ1) is 30.9. The Morgan fingerprint density at radius 3 is 2.52 bits per heavy atom. The number of piperidine rings is 1. The van der Waals surface area contributed by atoms with Gasteiger partial charge in [-0.3, -0.25) is 9.59 Å². The van der Waals surface area contributed by atoms with Gasteiger partial charge in [-0.15, -0.1) is 0 Å². The fourth-order valence-corrected chi connectivity index (χ4v) is 6.26. The lowest BCUT2D eigenvalue weighted by Crippen LogP contribution is -2.38. The molecule has 0 aliphatic carbocycles. The zero-order valence-electron chi connectivity index (χ0n) is 24.6. The summed E-state index contributed by atoms with van der Waals surface area (Å²) >= 11 is 0. The maximum atomic E-state index is 14.6. The number of H-pyrrole nitrogens is 1. The summed E-state index contributed by atoms with van der Waals surface area (Å²) < 4.78 is 48.3. The molecule has 1 aliphatic heterocycles. The Kier molecular flexibility index (Phi) is 9.43. The molecule has 2 aromatic heterocycles. The van der Waals surface area contributed by atoms with Gasteiger partial charge in [0.2, 0.25) is 0 Å². The summed E-state index contributed by atoms with van der Waals surface area (Å²) in [5.74, 6) is -0.0924. The number of rotatable bonds is 10. The number of ether oxygens (including phenoxy) is 1. The van der Waals surface area contributed by atoms with E-state index in [1.165, 1.54) is 36.0 Å². The summed E-state index contributed by atoms with van der Waals surface area (Å²) in [4.78, 5) is 34.1. The molecule has 0 spiro atoms. The van der Waals surface area contributed by atoms with Crippen molar-refractivity contribution in [2.75, 3.05) is 24.6 Å². The number of pyridine rings is 2. The van der Waals surface area contributed by atoms with Crippen LogP contribution in [0.4, 0.5) is 10.2 Å². The fraction of sp³-hybridized carbons (Fsp3) is 0.303.